The van der Waals surface area contributed by atoms with Gasteiger partial charge in [0, 0.05) is 11.8 Å². The summed E-state index contributed by atoms with van der Waals surface area (Å²) >= 11 is 0. The average Bonchev–Trinajstić information content (AvgIpc) is 2.76. The molecular formula is C11H14N2O5. The Bertz CT molecular complexity index is 586. The lowest BCUT2D eigenvalue weighted by atomic mass is 10.2. The highest BCUT2D eigenvalue weighted by molar-refractivity contribution is 5.16. The molecule has 0 bridgehead atoms. The molecule has 1 aliphatic rings. The van der Waals surface area contributed by atoms with Crippen molar-refractivity contribution in [2.75, 3.05) is 13.2 Å². The molecule has 0 radical (unpaired) electrons. The Kier molecular flexibility index (Phi) is 3.46. The van der Waals surface area contributed by atoms with E-state index in [4.69, 9.17) is 14.9 Å². The van der Waals surface area contributed by atoms with Crippen LogP contribution in [0.2, 0.25) is 0 Å². The molecule has 7 nitrogen and oxygen atoms in total. The van der Waals surface area contributed by atoms with Crippen molar-refractivity contribution in [3.63, 3.8) is 0 Å². The normalized spacial score (nSPS) is 23.2. The van der Waals surface area contributed by atoms with Gasteiger partial charge < -0.3 is 14.9 Å². The van der Waals surface area contributed by atoms with Gasteiger partial charge in [-0.25, -0.2) is 4.79 Å². The van der Waals surface area contributed by atoms with Gasteiger partial charge in [0.05, 0.1) is 13.2 Å². The molecule has 98 valence electrons. The number of H-pyrrole nitrogens is 1. The number of hydrogen-bond acceptors (Lipinski definition) is 5. The largest absolute Gasteiger partial charge is 0.393 e. The number of aromatic nitrogens is 2. The number of hydrogen-bond donors (Lipinski definition) is 3. The average molecular weight is 254 g/mol. The molecule has 0 spiro atoms. The zero-order valence-electron chi connectivity index (χ0n) is 9.79. The summed E-state index contributed by atoms with van der Waals surface area (Å²) < 4.78 is 6.62. The molecule has 7 heteroatoms. The molecule has 0 amide bonds. The molecule has 0 fully saturated rings. The fraction of sp³-hybridized carbons (Fsp3) is 0.455. The molecule has 2 heterocycles. The summed E-state index contributed by atoms with van der Waals surface area (Å²) in [5.41, 5.74) is -0.148. The van der Waals surface area contributed by atoms with Crippen LogP contribution in [0.25, 0.3) is 0 Å². The lowest BCUT2D eigenvalue weighted by molar-refractivity contribution is -0.0165. The van der Waals surface area contributed by atoms with Gasteiger partial charge in [-0.1, -0.05) is 0 Å². The predicted molar refractivity (Wildman–Crippen MR) is 62.2 cm³/mol. The van der Waals surface area contributed by atoms with Crippen molar-refractivity contribution in [2.45, 2.75) is 19.3 Å². The Balaban J connectivity index is 2.40. The molecule has 1 aromatic heterocycles. The Morgan fingerprint density at radius 3 is 2.72 bits per heavy atom. The Morgan fingerprint density at radius 1 is 1.44 bits per heavy atom. The van der Waals surface area contributed by atoms with Crippen LogP contribution in [0.5, 0.6) is 0 Å². The third kappa shape index (κ3) is 2.15. The molecular weight excluding hydrogens is 240 g/mol. The highest BCUT2D eigenvalue weighted by Gasteiger charge is 2.27. The number of nitrogens with one attached hydrogen (secondary N) is 1. The second kappa shape index (κ2) is 4.89. The van der Waals surface area contributed by atoms with Crippen molar-refractivity contribution in [1.29, 1.82) is 0 Å². The van der Waals surface area contributed by atoms with Crippen molar-refractivity contribution in [1.82, 2.24) is 9.55 Å². The summed E-state index contributed by atoms with van der Waals surface area (Å²) in [6, 6.07) is 0. The predicted octanol–water partition coefficient (Wildman–Crippen LogP) is -1.35. The molecule has 0 unspecified atom stereocenters. The number of aliphatic hydroxyl groups is 2. The van der Waals surface area contributed by atoms with Gasteiger partial charge in [-0.3, -0.25) is 14.3 Å². The van der Waals surface area contributed by atoms with Crippen molar-refractivity contribution in [3.8, 4) is 0 Å². The maximum absolute atomic E-state index is 11.6. The van der Waals surface area contributed by atoms with Gasteiger partial charge in [0.25, 0.3) is 5.56 Å². The molecule has 3 N–H and O–H groups in total. The first-order chi connectivity index (χ1) is 8.56. The van der Waals surface area contributed by atoms with Gasteiger partial charge in [0.1, 0.15) is 6.10 Å². The number of nitrogens with zero attached hydrogens (tertiary/aromatic N) is 1. The highest BCUT2D eigenvalue weighted by Crippen LogP contribution is 2.25. The zero-order chi connectivity index (χ0) is 13.3. The lowest BCUT2D eigenvalue weighted by Crippen LogP contribution is -2.33. The summed E-state index contributed by atoms with van der Waals surface area (Å²) in [6.45, 7) is 1.04. The molecule has 2 rings (SSSR count). The zero-order valence-corrected chi connectivity index (χ0v) is 9.79. The smallest absolute Gasteiger partial charge is 0.330 e. The van der Waals surface area contributed by atoms with Crippen LogP contribution in [0, 0.1) is 6.92 Å². The third-order valence-corrected chi connectivity index (χ3v) is 2.84. The molecule has 18 heavy (non-hydrogen) atoms. The van der Waals surface area contributed by atoms with Crippen LogP contribution in [0.1, 0.15) is 11.8 Å². The van der Waals surface area contributed by atoms with E-state index in [1.165, 1.54) is 10.8 Å². The first kappa shape index (κ1) is 12.7. The second-order valence-electron chi connectivity index (χ2n) is 4.08. The maximum atomic E-state index is 11.6. The first-order valence-electron chi connectivity index (χ1n) is 5.46. The summed E-state index contributed by atoms with van der Waals surface area (Å²) in [5, 5.41) is 18.2. The Labute approximate surface area is 102 Å². The molecule has 2 atom stereocenters. The first-order valence-corrected chi connectivity index (χ1v) is 5.46. The fourth-order valence-electron chi connectivity index (χ4n) is 1.82. The van der Waals surface area contributed by atoms with Crippen LogP contribution < -0.4 is 11.2 Å². The number of aliphatic hydroxyl groups excluding tert-OH is 2. The van der Waals surface area contributed by atoms with Crippen molar-refractivity contribution < 1.29 is 14.9 Å². The molecule has 0 saturated carbocycles. The van der Waals surface area contributed by atoms with Crippen molar-refractivity contribution in [3.05, 3.63) is 44.2 Å². The van der Waals surface area contributed by atoms with Crippen LogP contribution in [-0.2, 0) is 4.74 Å². The van der Waals surface area contributed by atoms with Crippen molar-refractivity contribution in [2.24, 2.45) is 0 Å². The second-order valence-corrected chi connectivity index (χ2v) is 4.08. The quantitative estimate of drug-likeness (QED) is 0.579. The minimum Gasteiger partial charge on any atom is -0.393 e. The van der Waals surface area contributed by atoms with Gasteiger partial charge in [-0.05, 0) is 18.6 Å². The van der Waals surface area contributed by atoms with Gasteiger partial charge >= 0.3 is 5.69 Å². The van der Waals surface area contributed by atoms with Crippen LogP contribution in [0.4, 0.5) is 0 Å². The molecule has 0 aromatic carbocycles. The minimum atomic E-state index is -0.729. The van der Waals surface area contributed by atoms with E-state index in [9.17, 15) is 9.59 Å². The third-order valence-electron chi connectivity index (χ3n) is 2.84. The number of ether oxygens (including phenoxy) is 1. The monoisotopic (exact) mass is 254 g/mol. The van der Waals surface area contributed by atoms with Crippen molar-refractivity contribution >= 4 is 0 Å². The van der Waals surface area contributed by atoms with Crippen LogP contribution in [0.15, 0.2) is 27.4 Å². The van der Waals surface area contributed by atoms with Gasteiger partial charge in [0.15, 0.2) is 6.23 Å². The molecule has 1 aromatic rings. The summed E-state index contributed by atoms with van der Waals surface area (Å²) in [7, 11) is 0. The number of aromatic amines is 1. The van der Waals surface area contributed by atoms with E-state index < -0.39 is 23.6 Å². The standard InChI is InChI=1S/C11H14N2O5/c1-6-3-13(11(17)12-10(6)16)9-2-7(4-14)8(5-15)18-9/h2-3,8-9,14-15H,4-5H2,1H3,(H,12,16,17)/t8-,9-/m1/s1. The van der Waals surface area contributed by atoms with E-state index in [0.29, 0.717) is 11.1 Å². The maximum Gasteiger partial charge on any atom is 0.330 e. The van der Waals surface area contributed by atoms with E-state index in [1.807, 2.05) is 0 Å². The molecule has 0 aliphatic carbocycles. The Morgan fingerprint density at radius 2 is 2.17 bits per heavy atom. The summed E-state index contributed by atoms with van der Waals surface area (Å²) in [4.78, 5) is 25.1. The number of rotatable bonds is 3. The van der Waals surface area contributed by atoms with Crippen LogP contribution in [0.3, 0.4) is 0 Å². The lowest BCUT2D eigenvalue weighted by Gasteiger charge is -2.15. The van der Waals surface area contributed by atoms with E-state index >= 15 is 0 Å². The number of aryl methyl sites for hydroxylation is 1. The summed E-state index contributed by atoms with van der Waals surface area (Å²) in [5.74, 6) is 0. The van der Waals surface area contributed by atoms with Crippen LogP contribution in [-0.4, -0.2) is 39.1 Å². The molecule has 0 saturated heterocycles. The van der Waals surface area contributed by atoms with E-state index in [0.717, 1.165) is 0 Å². The molecule has 1 aliphatic heterocycles. The van der Waals surface area contributed by atoms with Gasteiger partial charge in [-0.2, -0.15) is 0 Å². The van der Waals surface area contributed by atoms with E-state index in [2.05, 4.69) is 4.98 Å². The van der Waals surface area contributed by atoms with E-state index in [-0.39, 0.29) is 13.2 Å². The van der Waals surface area contributed by atoms with E-state index in [1.54, 1.807) is 13.0 Å². The SMILES string of the molecule is Cc1cn([C@H]2C=C(CO)[C@@H](CO)O2)c(=O)[nH]c1=O. The topological polar surface area (TPSA) is 105 Å². The Hall–Kier alpha value is -1.70. The van der Waals surface area contributed by atoms with Gasteiger partial charge in [0.2, 0.25) is 0 Å². The summed E-state index contributed by atoms with van der Waals surface area (Å²) in [6.07, 6.45) is 1.59. The van der Waals surface area contributed by atoms with Crippen LogP contribution >= 0.6 is 0 Å². The fourth-order valence-corrected chi connectivity index (χ4v) is 1.82. The minimum absolute atomic E-state index is 0.251. The highest BCUT2D eigenvalue weighted by atomic mass is 16.5. The van der Waals surface area contributed by atoms with Gasteiger partial charge in [-0.15, -0.1) is 0 Å².